The molecule has 1 unspecified atom stereocenters. The van der Waals surface area contributed by atoms with Gasteiger partial charge >= 0.3 is 12.1 Å². The van der Waals surface area contributed by atoms with Gasteiger partial charge in [0.2, 0.25) is 0 Å². The minimum atomic E-state index is -4.47. The molecule has 0 amide bonds. The first-order chi connectivity index (χ1) is 12.9. The van der Waals surface area contributed by atoms with Crippen LogP contribution in [0.15, 0.2) is 36.9 Å². The molecule has 2 saturated heterocycles. The van der Waals surface area contributed by atoms with Crippen molar-refractivity contribution in [2.75, 3.05) is 18.0 Å². The standard InChI is InChI=1S/C18H19F3N4O2/c19-18(20,21)14-2-1-3-15(23-14)25-7-4-17(5-8-25)10-13(27-16(17)26)11-24-9-6-22-12-24/h1-3,6,9,12-13H,4-5,7-8,10-11H2. The molecular formula is C18H19F3N4O2. The molecule has 1 spiro atoms. The Bertz CT molecular complexity index is 814. The molecule has 6 nitrogen and oxygen atoms in total. The largest absolute Gasteiger partial charge is 0.460 e. The number of piperidine rings is 1. The van der Waals surface area contributed by atoms with Gasteiger partial charge in [0, 0.05) is 31.9 Å². The lowest BCUT2D eigenvalue weighted by molar-refractivity contribution is -0.150. The van der Waals surface area contributed by atoms with Crippen molar-refractivity contribution in [1.29, 1.82) is 0 Å². The third kappa shape index (κ3) is 3.50. The predicted molar refractivity (Wildman–Crippen MR) is 89.8 cm³/mol. The van der Waals surface area contributed by atoms with Gasteiger partial charge in [0.05, 0.1) is 18.3 Å². The molecular weight excluding hydrogens is 361 g/mol. The van der Waals surface area contributed by atoms with E-state index in [9.17, 15) is 18.0 Å². The third-order valence-electron chi connectivity index (χ3n) is 5.37. The van der Waals surface area contributed by atoms with E-state index in [4.69, 9.17) is 4.74 Å². The number of cyclic esters (lactones) is 1. The smallest absolute Gasteiger partial charge is 0.433 e. The Morgan fingerprint density at radius 2 is 2.04 bits per heavy atom. The first kappa shape index (κ1) is 17.8. The van der Waals surface area contributed by atoms with E-state index >= 15 is 0 Å². The zero-order valence-corrected chi connectivity index (χ0v) is 14.5. The molecule has 2 aliphatic heterocycles. The molecule has 0 radical (unpaired) electrons. The first-order valence-electron chi connectivity index (χ1n) is 8.82. The highest BCUT2D eigenvalue weighted by Gasteiger charge is 2.50. The van der Waals surface area contributed by atoms with Crippen molar-refractivity contribution < 1.29 is 22.7 Å². The summed E-state index contributed by atoms with van der Waals surface area (Å²) in [6.45, 7) is 1.51. The number of ether oxygens (including phenoxy) is 1. The lowest BCUT2D eigenvalue weighted by atomic mass is 9.76. The molecule has 2 aromatic rings. The highest BCUT2D eigenvalue weighted by Crippen LogP contribution is 2.44. The van der Waals surface area contributed by atoms with Crippen LogP contribution in [0.2, 0.25) is 0 Å². The highest BCUT2D eigenvalue weighted by atomic mass is 19.4. The first-order valence-corrected chi connectivity index (χ1v) is 8.82. The van der Waals surface area contributed by atoms with E-state index in [-0.39, 0.29) is 12.1 Å². The van der Waals surface area contributed by atoms with Gasteiger partial charge in [-0.05, 0) is 25.0 Å². The number of halogens is 3. The Labute approximate surface area is 154 Å². The lowest BCUT2D eigenvalue weighted by Crippen LogP contribution is -2.43. The molecule has 144 valence electrons. The lowest BCUT2D eigenvalue weighted by Gasteiger charge is -2.37. The number of hydrogen-bond acceptors (Lipinski definition) is 5. The number of imidazole rings is 1. The molecule has 0 aromatic carbocycles. The summed E-state index contributed by atoms with van der Waals surface area (Å²) in [5, 5.41) is 0. The fourth-order valence-corrected chi connectivity index (χ4v) is 3.90. The molecule has 27 heavy (non-hydrogen) atoms. The number of alkyl halides is 3. The van der Waals surface area contributed by atoms with Gasteiger partial charge in [-0.15, -0.1) is 0 Å². The van der Waals surface area contributed by atoms with Crippen molar-refractivity contribution in [3.05, 3.63) is 42.6 Å². The average Bonchev–Trinajstić information content (AvgIpc) is 3.24. The number of carbonyl (C=O) groups excluding carboxylic acids is 1. The Morgan fingerprint density at radius 3 is 2.70 bits per heavy atom. The summed E-state index contributed by atoms with van der Waals surface area (Å²) in [7, 11) is 0. The van der Waals surface area contributed by atoms with Gasteiger partial charge in [0.25, 0.3) is 0 Å². The number of anilines is 1. The summed E-state index contributed by atoms with van der Waals surface area (Å²) in [5.41, 5.74) is -1.45. The van der Waals surface area contributed by atoms with E-state index in [0.717, 1.165) is 6.07 Å². The highest BCUT2D eigenvalue weighted by molar-refractivity contribution is 5.79. The van der Waals surface area contributed by atoms with E-state index in [1.807, 2.05) is 10.8 Å². The van der Waals surface area contributed by atoms with Crippen LogP contribution in [-0.4, -0.2) is 39.7 Å². The van der Waals surface area contributed by atoms with Crippen molar-refractivity contribution in [3.8, 4) is 0 Å². The Balaban J connectivity index is 1.42. The summed E-state index contributed by atoms with van der Waals surface area (Å²) in [6.07, 6.45) is 2.21. The van der Waals surface area contributed by atoms with Crippen LogP contribution >= 0.6 is 0 Å². The van der Waals surface area contributed by atoms with E-state index in [0.29, 0.717) is 44.7 Å². The minimum Gasteiger partial charge on any atom is -0.460 e. The van der Waals surface area contributed by atoms with Crippen LogP contribution in [0.25, 0.3) is 0 Å². The SMILES string of the molecule is O=C1OC(Cn2ccnc2)CC12CCN(c1cccc(C(F)(F)F)n1)CC2. The second-order valence-electron chi connectivity index (χ2n) is 7.14. The van der Waals surface area contributed by atoms with Crippen LogP contribution < -0.4 is 4.90 Å². The van der Waals surface area contributed by atoms with Gasteiger partial charge in [-0.2, -0.15) is 13.2 Å². The fourth-order valence-electron chi connectivity index (χ4n) is 3.90. The molecule has 4 rings (SSSR count). The number of aromatic nitrogens is 3. The topological polar surface area (TPSA) is 60.3 Å². The minimum absolute atomic E-state index is 0.204. The Hall–Kier alpha value is -2.58. The molecule has 0 bridgehead atoms. The van der Waals surface area contributed by atoms with E-state index < -0.39 is 17.3 Å². The molecule has 4 heterocycles. The van der Waals surface area contributed by atoms with Gasteiger partial charge < -0.3 is 14.2 Å². The zero-order valence-electron chi connectivity index (χ0n) is 14.5. The molecule has 1 atom stereocenters. The van der Waals surface area contributed by atoms with E-state index in [1.165, 1.54) is 6.07 Å². The maximum Gasteiger partial charge on any atom is 0.433 e. The number of esters is 1. The van der Waals surface area contributed by atoms with Crippen LogP contribution in [0, 0.1) is 5.41 Å². The summed E-state index contributed by atoms with van der Waals surface area (Å²) in [4.78, 5) is 22.0. The van der Waals surface area contributed by atoms with Gasteiger partial charge in [0.15, 0.2) is 0 Å². The third-order valence-corrected chi connectivity index (χ3v) is 5.37. The molecule has 0 saturated carbocycles. The summed E-state index contributed by atoms with van der Waals surface area (Å²) < 4.78 is 46.1. The van der Waals surface area contributed by atoms with Gasteiger partial charge in [0.1, 0.15) is 17.6 Å². The summed E-state index contributed by atoms with van der Waals surface area (Å²) in [6, 6.07) is 3.90. The van der Waals surface area contributed by atoms with Gasteiger partial charge in [-0.1, -0.05) is 6.07 Å². The fraction of sp³-hybridized carbons (Fsp3) is 0.500. The summed E-state index contributed by atoms with van der Waals surface area (Å²) >= 11 is 0. The molecule has 0 N–H and O–H groups in total. The van der Waals surface area contributed by atoms with Gasteiger partial charge in [-0.25, -0.2) is 9.97 Å². The quantitative estimate of drug-likeness (QED) is 0.767. The number of nitrogens with zero attached hydrogens (tertiary/aromatic N) is 4. The number of pyridine rings is 1. The maximum atomic E-state index is 12.9. The Kier molecular flexibility index (Phi) is 4.32. The van der Waals surface area contributed by atoms with Crippen LogP contribution in [0.1, 0.15) is 25.0 Å². The summed E-state index contributed by atoms with van der Waals surface area (Å²) in [5.74, 6) is 0.0882. The number of carbonyl (C=O) groups is 1. The van der Waals surface area contributed by atoms with Crippen molar-refractivity contribution in [1.82, 2.24) is 14.5 Å². The Morgan fingerprint density at radius 1 is 1.26 bits per heavy atom. The average molecular weight is 380 g/mol. The van der Waals surface area contributed by atoms with Crippen LogP contribution in [0.4, 0.5) is 19.0 Å². The second kappa shape index (κ2) is 6.54. The number of rotatable bonds is 3. The molecule has 2 fully saturated rings. The van der Waals surface area contributed by atoms with Crippen molar-refractivity contribution in [2.24, 2.45) is 5.41 Å². The van der Waals surface area contributed by atoms with Crippen molar-refractivity contribution in [3.63, 3.8) is 0 Å². The van der Waals surface area contributed by atoms with Crippen LogP contribution in [-0.2, 0) is 22.3 Å². The maximum absolute atomic E-state index is 12.9. The normalized spacial score (nSPS) is 22.3. The molecule has 0 aliphatic carbocycles. The van der Waals surface area contributed by atoms with Crippen LogP contribution in [0.5, 0.6) is 0 Å². The van der Waals surface area contributed by atoms with E-state index in [1.54, 1.807) is 23.5 Å². The zero-order chi connectivity index (χ0) is 19.1. The molecule has 9 heteroatoms. The van der Waals surface area contributed by atoms with Gasteiger partial charge in [-0.3, -0.25) is 4.79 Å². The second-order valence-corrected chi connectivity index (χ2v) is 7.14. The van der Waals surface area contributed by atoms with Crippen molar-refractivity contribution >= 4 is 11.8 Å². The van der Waals surface area contributed by atoms with Crippen molar-refractivity contribution in [2.45, 2.75) is 38.1 Å². The molecule has 2 aromatic heterocycles. The van der Waals surface area contributed by atoms with Crippen LogP contribution in [0.3, 0.4) is 0 Å². The number of hydrogen-bond donors (Lipinski definition) is 0. The van der Waals surface area contributed by atoms with E-state index in [2.05, 4.69) is 9.97 Å². The predicted octanol–water partition coefficient (Wildman–Crippen LogP) is 2.90. The molecule has 2 aliphatic rings. The monoisotopic (exact) mass is 380 g/mol.